The lowest BCUT2D eigenvalue weighted by Gasteiger charge is -2.07. The first-order valence-corrected chi connectivity index (χ1v) is 5.70. The summed E-state index contributed by atoms with van der Waals surface area (Å²) in [5, 5.41) is 12.3. The van der Waals surface area contributed by atoms with Gasteiger partial charge in [0.25, 0.3) is 0 Å². The molecule has 7 heteroatoms. The van der Waals surface area contributed by atoms with Gasteiger partial charge in [0.2, 0.25) is 0 Å². The number of aromatic nitrogens is 1. The van der Waals surface area contributed by atoms with Gasteiger partial charge in [-0.1, -0.05) is 17.3 Å². The van der Waals surface area contributed by atoms with Crippen LogP contribution < -0.4 is 0 Å². The maximum Gasteiger partial charge on any atom is 0.416 e. The molecule has 0 aliphatic rings. The molecular weight excluding hydrogens is 275 g/mol. The van der Waals surface area contributed by atoms with E-state index in [1.807, 2.05) is 0 Å². The van der Waals surface area contributed by atoms with Gasteiger partial charge >= 0.3 is 12.1 Å². The number of hydrogen-bond donors (Lipinski definition) is 1. The second kappa shape index (κ2) is 5.36. The van der Waals surface area contributed by atoms with E-state index in [-0.39, 0.29) is 12.8 Å². The highest BCUT2D eigenvalue weighted by Crippen LogP contribution is 2.31. The first-order chi connectivity index (χ1) is 9.38. The first kappa shape index (κ1) is 14.1. The summed E-state index contributed by atoms with van der Waals surface area (Å²) >= 11 is 0. The van der Waals surface area contributed by atoms with Crippen molar-refractivity contribution >= 4 is 5.97 Å². The molecule has 0 saturated heterocycles. The third kappa shape index (κ3) is 3.17. The smallest absolute Gasteiger partial charge is 0.416 e. The van der Waals surface area contributed by atoms with E-state index in [0.29, 0.717) is 16.8 Å². The molecule has 1 aromatic heterocycles. The fourth-order valence-corrected chi connectivity index (χ4v) is 1.74. The molecule has 0 aliphatic heterocycles. The minimum absolute atomic E-state index is 0.125. The van der Waals surface area contributed by atoms with Crippen molar-refractivity contribution in [2.45, 2.75) is 19.0 Å². The van der Waals surface area contributed by atoms with Crippen LogP contribution in [0.3, 0.4) is 0 Å². The number of rotatable bonds is 4. The van der Waals surface area contributed by atoms with Gasteiger partial charge in [0.1, 0.15) is 6.26 Å². The third-order valence-corrected chi connectivity index (χ3v) is 2.74. The molecule has 1 heterocycles. The SMILES string of the molecule is O=C(O)CCc1nocc1-c1ccc(C(F)(F)F)cc1. The Bertz CT molecular complexity index is 602. The Balaban J connectivity index is 2.24. The molecule has 0 spiro atoms. The third-order valence-electron chi connectivity index (χ3n) is 2.74. The molecule has 0 aliphatic carbocycles. The summed E-state index contributed by atoms with van der Waals surface area (Å²) in [7, 11) is 0. The zero-order valence-electron chi connectivity index (χ0n) is 10.1. The Morgan fingerprint density at radius 3 is 2.45 bits per heavy atom. The first-order valence-electron chi connectivity index (χ1n) is 5.70. The number of aliphatic carboxylic acids is 1. The molecule has 20 heavy (non-hydrogen) atoms. The van der Waals surface area contributed by atoms with Crippen molar-refractivity contribution in [1.82, 2.24) is 5.16 Å². The summed E-state index contributed by atoms with van der Waals surface area (Å²) in [6, 6.07) is 4.53. The largest absolute Gasteiger partial charge is 0.481 e. The summed E-state index contributed by atoms with van der Waals surface area (Å²) < 4.78 is 42.1. The lowest BCUT2D eigenvalue weighted by molar-refractivity contribution is -0.138. The zero-order chi connectivity index (χ0) is 14.8. The summed E-state index contributed by atoms with van der Waals surface area (Å²) in [6.45, 7) is 0. The number of benzene rings is 1. The topological polar surface area (TPSA) is 63.3 Å². The van der Waals surface area contributed by atoms with E-state index in [0.717, 1.165) is 12.1 Å². The number of aryl methyl sites for hydroxylation is 1. The Kier molecular flexibility index (Phi) is 3.78. The summed E-state index contributed by atoms with van der Waals surface area (Å²) in [5.74, 6) is -0.980. The van der Waals surface area contributed by atoms with Crippen LogP contribution in [0.25, 0.3) is 11.1 Å². The molecule has 1 N–H and O–H groups in total. The van der Waals surface area contributed by atoms with Gasteiger partial charge in [0, 0.05) is 12.0 Å². The lowest BCUT2D eigenvalue weighted by Crippen LogP contribution is -2.04. The monoisotopic (exact) mass is 285 g/mol. The molecule has 0 saturated carbocycles. The van der Waals surface area contributed by atoms with Gasteiger partial charge < -0.3 is 9.63 Å². The second-order valence-electron chi connectivity index (χ2n) is 4.14. The van der Waals surface area contributed by atoms with Crippen LogP contribution in [-0.2, 0) is 17.4 Å². The number of carbonyl (C=O) groups is 1. The van der Waals surface area contributed by atoms with Gasteiger partial charge in [-0.3, -0.25) is 4.79 Å². The van der Waals surface area contributed by atoms with Gasteiger partial charge in [0.15, 0.2) is 0 Å². The fourth-order valence-electron chi connectivity index (χ4n) is 1.74. The maximum atomic E-state index is 12.5. The highest BCUT2D eigenvalue weighted by Gasteiger charge is 2.30. The molecule has 0 amide bonds. The molecule has 0 unspecified atom stereocenters. The molecule has 0 bridgehead atoms. The van der Waals surface area contributed by atoms with Gasteiger partial charge in [0.05, 0.1) is 17.7 Å². The Hall–Kier alpha value is -2.31. The van der Waals surface area contributed by atoms with E-state index >= 15 is 0 Å². The van der Waals surface area contributed by atoms with Crippen molar-refractivity contribution in [3.63, 3.8) is 0 Å². The predicted molar refractivity (Wildman–Crippen MR) is 62.9 cm³/mol. The average Bonchev–Trinajstić information content (AvgIpc) is 2.83. The molecule has 106 valence electrons. The van der Waals surface area contributed by atoms with E-state index in [4.69, 9.17) is 9.63 Å². The Morgan fingerprint density at radius 1 is 1.25 bits per heavy atom. The van der Waals surface area contributed by atoms with Crippen LogP contribution in [0.15, 0.2) is 35.1 Å². The van der Waals surface area contributed by atoms with E-state index in [1.54, 1.807) is 0 Å². The average molecular weight is 285 g/mol. The molecule has 4 nitrogen and oxygen atoms in total. The molecule has 2 aromatic rings. The van der Waals surface area contributed by atoms with E-state index in [9.17, 15) is 18.0 Å². The number of carboxylic acid groups (broad SMARTS) is 1. The van der Waals surface area contributed by atoms with Crippen LogP contribution in [0, 0.1) is 0 Å². The van der Waals surface area contributed by atoms with E-state index < -0.39 is 17.7 Å². The molecular formula is C13H10F3NO3. The highest BCUT2D eigenvalue weighted by molar-refractivity contribution is 5.69. The van der Waals surface area contributed by atoms with Gasteiger partial charge in [-0.15, -0.1) is 0 Å². The van der Waals surface area contributed by atoms with Crippen molar-refractivity contribution in [2.75, 3.05) is 0 Å². The van der Waals surface area contributed by atoms with E-state index in [2.05, 4.69) is 5.16 Å². The fraction of sp³-hybridized carbons (Fsp3) is 0.231. The molecule has 1 aromatic carbocycles. The van der Waals surface area contributed by atoms with Crippen molar-refractivity contribution in [3.05, 3.63) is 41.8 Å². The van der Waals surface area contributed by atoms with Crippen LogP contribution in [0.2, 0.25) is 0 Å². The van der Waals surface area contributed by atoms with Crippen molar-refractivity contribution in [1.29, 1.82) is 0 Å². The summed E-state index contributed by atoms with van der Waals surface area (Å²) in [4.78, 5) is 10.5. The number of hydrogen-bond acceptors (Lipinski definition) is 3. The Labute approximate surface area is 111 Å². The van der Waals surface area contributed by atoms with Crippen LogP contribution in [0.5, 0.6) is 0 Å². The normalized spacial score (nSPS) is 11.6. The predicted octanol–water partition coefficient (Wildman–Crippen LogP) is 3.38. The van der Waals surface area contributed by atoms with Crippen LogP contribution in [-0.4, -0.2) is 16.2 Å². The number of carboxylic acids is 1. The van der Waals surface area contributed by atoms with Gasteiger partial charge in [-0.05, 0) is 17.7 Å². The highest BCUT2D eigenvalue weighted by atomic mass is 19.4. The van der Waals surface area contributed by atoms with Crippen LogP contribution >= 0.6 is 0 Å². The quantitative estimate of drug-likeness (QED) is 0.935. The standard InChI is InChI=1S/C13H10F3NO3/c14-13(15,16)9-3-1-8(2-4-9)10-7-20-17-11(10)5-6-12(18)19/h1-4,7H,5-6H2,(H,18,19). The van der Waals surface area contributed by atoms with Crippen LogP contribution in [0.4, 0.5) is 13.2 Å². The molecule has 0 radical (unpaired) electrons. The summed E-state index contributed by atoms with van der Waals surface area (Å²) in [5.41, 5.74) is 0.663. The minimum atomic E-state index is -4.39. The van der Waals surface area contributed by atoms with Crippen molar-refractivity contribution < 1.29 is 27.6 Å². The lowest BCUT2D eigenvalue weighted by atomic mass is 10.0. The van der Waals surface area contributed by atoms with Crippen molar-refractivity contribution in [2.24, 2.45) is 0 Å². The minimum Gasteiger partial charge on any atom is -0.481 e. The second-order valence-corrected chi connectivity index (χ2v) is 4.14. The number of nitrogens with zero attached hydrogens (tertiary/aromatic N) is 1. The Morgan fingerprint density at radius 2 is 1.90 bits per heavy atom. The maximum absolute atomic E-state index is 12.5. The van der Waals surface area contributed by atoms with Gasteiger partial charge in [-0.25, -0.2) is 0 Å². The number of halogens is 3. The van der Waals surface area contributed by atoms with Crippen molar-refractivity contribution in [3.8, 4) is 11.1 Å². The van der Waals surface area contributed by atoms with E-state index in [1.165, 1.54) is 18.4 Å². The molecule has 2 rings (SSSR count). The van der Waals surface area contributed by atoms with Gasteiger partial charge in [-0.2, -0.15) is 13.2 Å². The van der Waals surface area contributed by atoms with Crippen LogP contribution in [0.1, 0.15) is 17.7 Å². The summed E-state index contributed by atoms with van der Waals surface area (Å²) in [6.07, 6.45) is -3.07. The molecule has 0 atom stereocenters. The zero-order valence-corrected chi connectivity index (χ0v) is 10.1. The molecule has 0 fully saturated rings. The number of alkyl halides is 3.